The summed E-state index contributed by atoms with van der Waals surface area (Å²) < 4.78 is 10.5. The van der Waals surface area contributed by atoms with E-state index in [1.54, 1.807) is 6.92 Å². The molecule has 4 nitrogen and oxygen atoms in total. The van der Waals surface area contributed by atoms with Gasteiger partial charge in [-0.25, -0.2) is 4.98 Å². The first-order valence-corrected chi connectivity index (χ1v) is 6.48. The molecule has 0 N–H and O–H groups in total. The quantitative estimate of drug-likeness (QED) is 0.781. The zero-order valence-electron chi connectivity index (χ0n) is 11.7. The molecular formula is C16H17NO3. The van der Waals surface area contributed by atoms with Crippen molar-refractivity contribution in [3.63, 3.8) is 0 Å². The molecule has 2 aromatic rings. The van der Waals surface area contributed by atoms with Gasteiger partial charge in [-0.1, -0.05) is 36.9 Å². The van der Waals surface area contributed by atoms with E-state index in [2.05, 4.69) is 11.6 Å². The standard InChI is InChI=1S/C16H17NO3/c1-4-19-14(18)10-13-17-15(16(20-13)11(2)3)12-8-6-5-7-9-12/h5-9H,2,4,10H2,1,3H3. The van der Waals surface area contributed by atoms with Gasteiger partial charge in [0.2, 0.25) is 5.89 Å². The maximum Gasteiger partial charge on any atom is 0.315 e. The van der Waals surface area contributed by atoms with Crippen molar-refractivity contribution in [3.8, 4) is 11.3 Å². The number of aromatic nitrogens is 1. The number of esters is 1. The van der Waals surface area contributed by atoms with Gasteiger partial charge in [-0.15, -0.1) is 0 Å². The summed E-state index contributed by atoms with van der Waals surface area (Å²) in [5.74, 6) is 0.609. The van der Waals surface area contributed by atoms with Crippen molar-refractivity contribution in [1.29, 1.82) is 0 Å². The number of oxazole rings is 1. The number of carbonyl (C=O) groups excluding carboxylic acids is 1. The van der Waals surface area contributed by atoms with E-state index in [-0.39, 0.29) is 12.4 Å². The highest BCUT2D eigenvalue weighted by Crippen LogP contribution is 2.28. The van der Waals surface area contributed by atoms with Crippen LogP contribution in [0.15, 0.2) is 41.3 Å². The number of benzene rings is 1. The van der Waals surface area contributed by atoms with Crippen LogP contribution < -0.4 is 0 Å². The lowest BCUT2D eigenvalue weighted by molar-refractivity contribution is -0.142. The van der Waals surface area contributed by atoms with E-state index in [1.807, 2.05) is 37.3 Å². The zero-order chi connectivity index (χ0) is 14.5. The molecule has 2 rings (SSSR count). The van der Waals surface area contributed by atoms with Gasteiger partial charge in [0.15, 0.2) is 5.76 Å². The first-order valence-electron chi connectivity index (χ1n) is 6.48. The Morgan fingerprint density at radius 3 is 2.65 bits per heavy atom. The van der Waals surface area contributed by atoms with Gasteiger partial charge in [0, 0.05) is 5.56 Å². The molecule has 0 atom stereocenters. The minimum atomic E-state index is -0.346. The molecule has 20 heavy (non-hydrogen) atoms. The maximum atomic E-state index is 11.5. The van der Waals surface area contributed by atoms with Gasteiger partial charge in [-0.2, -0.15) is 0 Å². The SMILES string of the molecule is C=C(C)c1oc(CC(=O)OCC)nc1-c1ccccc1. The topological polar surface area (TPSA) is 52.3 Å². The third kappa shape index (κ3) is 3.15. The predicted molar refractivity (Wildman–Crippen MR) is 77.0 cm³/mol. The highest BCUT2D eigenvalue weighted by molar-refractivity contribution is 5.75. The predicted octanol–water partition coefficient (Wildman–Crippen LogP) is 3.48. The number of carbonyl (C=O) groups is 1. The molecule has 104 valence electrons. The largest absolute Gasteiger partial charge is 0.466 e. The molecule has 0 fully saturated rings. The van der Waals surface area contributed by atoms with Crippen molar-refractivity contribution in [2.75, 3.05) is 6.61 Å². The number of ether oxygens (including phenoxy) is 1. The van der Waals surface area contributed by atoms with Gasteiger partial charge in [0.1, 0.15) is 12.1 Å². The van der Waals surface area contributed by atoms with Gasteiger partial charge in [0.05, 0.1) is 6.61 Å². The van der Waals surface area contributed by atoms with Crippen LogP contribution in [0.3, 0.4) is 0 Å². The second-order valence-electron chi connectivity index (χ2n) is 4.41. The number of hydrogen-bond acceptors (Lipinski definition) is 4. The second kappa shape index (κ2) is 6.19. The first kappa shape index (κ1) is 14.1. The van der Waals surface area contributed by atoms with Crippen LogP contribution >= 0.6 is 0 Å². The first-order chi connectivity index (χ1) is 9.61. The lowest BCUT2D eigenvalue weighted by atomic mass is 10.1. The molecule has 0 saturated heterocycles. The summed E-state index contributed by atoms with van der Waals surface area (Å²) in [5, 5.41) is 0. The molecule has 0 saturated carbocycles. The summed E-state index contributed by atoms with van der Waals surface area (Å²) in [6.07, 6.45) is 0.0287. The molecule has 0 bridgehead atoms. The fourth-order valence-corrected chi connectivity index (χ4v) is 1.86. The lowest BCUT2D eigenvalue weighted by Crippen LogP contribution is -2.07. The van der Waals surface area contributed by atoms with Crippen molar-refractivity contribution >= 4 is 11.5 Å². The highest BCUT2D eigenvalue weighted by Gasteiger charge is 2.17. The Morgan fingerprint density at radius 1 is 1.35 bits per heavy atom. The molecule has 0 aliphatic carbocycles. The van der Waals surface area contributed by atoms with Crippen LogP contribution in [-0.4, -0.2) is 17.6 Å². The number of nitrogens with zero attached hydrogens (tertiary/aromatic N) is 1. The van der Waals surface area contributed by atoms with E-state index >= 15 is 0 Å². The molecule has 0 aliphatic heterocycles. The number of rotatable bonds is 5. The van der Waals surface area contributed by atoms with Gasteiger partial charge in [-0.05, 0) is 19.4 Å². The third-order valence-corrected chi connectivity index (χ3v) is 2.71. The summed E-state index contributed by atoms with van der Waals surface area (Å²) in [4.78, 5) is 15.9. The molecule has 0 aliphatic rings. The Balaban J connectivity index is 2.34. The molecule has 0 radical (unpaired) electrons. The van der Waals surface area contributed by atoms with Crippen molar-refractivity contribution in [3.05, 3.63) is 48.6 Å². The third-order valence-electron chi connectivity index (χ3n) is 2.71. The van der Waals surface area contributed by atoms with Crippen LogP contribution in [0.5, 0.6) is 0 Å². The van der Waals surface area contributed by atoms with E-state index in [0.29, 0.717) is 24.0 Å². The van der Waals surface area contributed by atoms with E-state index in [4.69, 9.17) is 9.15 Å². The fourth-order valence-electron chi connectivity index (χ4n) is 1.86. The Hall–Kier alpha value is -2.36. The summed E-state index contributed by atoms with van der Waals surface area (Å²) in [6, 6.07) is 9.68. The maximum absolute atomic E-state index is 11.5. The molecule has 1 aromatic heterocycles. The molecular weight excluding hydrogens is 254 g/mol. The van der Waals surface area contributed by atoms with Crippen LogP contribution in [0.2, 0.25) is 0 Å². The van der Waals surface area contributed by atoms with Crippen molar-refractivity contribution in [2.24, 2.45) is 0 Å². The Morgan fingerprint density at radius 2 is 2.05 bits per heavy atom. The average molecular weight is 271 g/mol. The Bertz CT molecular complexity index is 614. The molecule has 0 amide bonds. The van der Waals surface area contributed by atoms with Crippen molar-refractivity contribution in [1.82, 2.24) is 4.98 Å². The molecule has 4 heteroatoms. The van der Waals surface area contributed by atoms with E-state index in [9.17, 15) is 4.79 Å². The number of hydrogen-bond donors (Lipinski definition) is 0. The lowest BCUT2D eigenvalue weighted by Gasteiger charge is -1.99. The second-order valence-corrected chi connectivity index (χ2v) is 4.41. The number of allylic oxidation sites excluding steroid dienone is 1. The molecule has 0 spiro atoms. The van der Waals surface area contributed by atoms with Crippen LogP contribution in [0.25, 0.3) is 16.8 Å². The Labute approximate surface area is 118 Å². The van der Waals surface area contributed by atoms with E-state index in [1.165, 1.54) is 0 Å². The van der Waals surface area contributed by atoms with Gasteiger partial charge < -0.3 is 9.15 Å². The van der Waals surface area contributed by atoms with Crippen LogP contribution in [0.4, 0.5) is 0 Å². The van der Waals surface area contributed by atoms with Crippen molar-refractivity contribution < 1.29 is 13.9 Å². The van der Waals surface area contributed by atoms with E-state index < -0.39 is 0 Å². The smallest absolute Gasteiger partial charge is 0.315 e. The molecule has 1 heterocycles. The summed E-state index contributed by atoms with van der Waals surface area (Å²) in [6.45, 7) is 7.85. The van der Waals surface area contributed by atoms with Crippen molar-refractivity contribution in [2.45, 2.75) is 20.3 Å². The summed E-state index contributed by atoms with van der Waals surface area (Å²) in [5.41, 5.74) is 2.41. The normalized spacial score (nSPS) is 10.3. The van der Waals surface area contributed by atoms with Gasteiger partial charge in [-0.3, -0.25) is 4.79 Å². The monoisotopic (exact) mass is 271 g/mol. The van der Waals surface area contributed by atoms with Crippen LogP contribution in [-0.2, 0) is 16.0 Å². The molecule has 0 unspecified atom stereocenters. The van der Waals surface area contributed by atoms with Crippen LogP contribution in [0.1, 0.15) is 25.5 Å². The minimum absolute atomic E-state index is 0.0287. The highest BCUT2D eigenvalue weighted by atomic mass is 16.5. The van der Waals surface area contributed by atoms with E-state index in [0.717, 1.165) is 11.1 Å². The van der Waals surface area contributed by atoms with Gasteiger partial charge in [0.25, 0.3) is 0 Å². The van der Waals surface area contributed by atoms with Gasteiger partial charge >= 0.3 is 5.97 Å². The summed E-state index contributed by atoms with van der Waals surface area (Å²) in [7, 11) is 0. The Kier molecular flexibility index (Phi) is 4.35. The molecule has 1 aromatic carbocycles. The summed E-state index contributed by atoms with van der Waals surface area (Å²) >= 11 is 0. The zero-order valence-corrected chi connectivity index (χ0v) is 11.7. The average Bonchev–Trinajstić information content (AvgIpc) is 2.84. The minimum Gasteiger partial charge on any atom is -0.466 e. The van der Waals surface area contributed by atoms with Crippen LogP contribution in [0, 0.1) is 0 Å². The fraction of sp³-hybridized carbons (Fsp3) is 0.250.